The number of carbonyl (C=O) groups is 1. The summed E-state index contributed by atoms with van der Waals surface area (Å²) in [6, 6.07) is 1.94. The first-order valence-electron chi connectivity index (χ1n) is 5.85. The third-order valence-electron chi connectivity index (χ3n) is 3.15. The van der Waals surface area contributed by atoms with Crippen molar-refractivity contribution in [3.8, 4) is 5.75 Å². The zero-order chi connectivity index (χ0) is 13.0. The number of aryl methyl sites for hydroxylation is 1. The molecule has 0 aliphatic heterocycles. The van der Waals surface area contributed by atoms with Crippen molar-refractivity contribution in [2.75, 3.05) is 20.7 Å². The molecular formula is C14H21NO2. The van der Waals surface area contributed by atoms with E-state index in [2.05, 4.69) is 5.32 Å². The number of ether oxygens (including phenoxy) is 1. The molecule has 1 aromatic carbocycles. The highest BCUT2D eigenvalue weighted by Crippen LogP contribution is 2.28. The molecule has 0 radical (unpaired) electrons. The Morgan fingerprint density at radius 3 is 2.47 bits per heavy atom. The molecule has 1 rings (SSSR count). The first-order valence-corrected chi connectivity index (χ1v) is 5.85. The molecule has 1 N–H and O–H groups in total. The number of nitrogens with one attached hydrogen (secondary N) is 1. The van der Waals surface area contributed by atoms with Gasteiger partial charge >= 0.3 is 0 Å². The van der Waals surface area contributed by atoms with Crippen molar-refractivity contribution in [1.29, 1.82) is 0 Å². The molecule has 0 spiro atoms. The van der Waals surface area contributed by atoms with E-state index in [0.29, 0.717) is 13.0 Å². The van der Waals surface area contributed by atoms with E-state index in [-0.39, 0.29) is 5.78 Å². The average Bonchev–Trinajstić information content (AvgIpc) is 2.31. The summed E-state index contributed by atoms with van der Waals surface area (Å²) in [5, 5.41) is 3.00. The van der Waals surface area contributed by atoms with Gasteiger partial charge in [-0.15, -0.1) is 0 Å². The highest BCUT2D eigenvalue weighted by molar-refractivity contribution is 5.99. The van der Waals surface area contributed by atoms with Gasteiger partial charge in [-0.1, -0.05) is 0 Å². The van der Waals surface area contributed by atoms with Crippen molar-refractivity contribution in [2.24, 2.45) is 0 Å². The van der Waals surface area contributed by atoms with Gasteiger partial charge in [0.1, 0.15) is 5.75 Å². The van der Waals surface area contributed by atoms with Crippen molar-refractivity contribution in [3.63, 3.8) is 0 Å². The molecule has 94 valence electrons. The van der Waals surface area contributed by atoms with Crippen molar-refractivity contribution in [3.05, 3.63) is 28.3 Å². The topological polar surface area (TPSA) is 38.3 Å². The molecule has 0 aromatic heterocycles. The maximum absolute atomic E-state index is 12.1. The minimum atomic E-state index is 0.195. The summed E-state index contributed by atoms with van der Waals surface area (Å²) in [4.78, 5) is 12.1. The fraction of sp³-hybridized carbons (Fsp3) is 0.500. The van der Waals surface area contributed by atoms with Crippen LogP contribution in [0.5, 0.6) is 5.75 Å². The van der Waals surface area contributed by atoms with Gasteiger partial charge in [0, 0.05) is 18.5 Å². The Morgan fingerprint density at radius 1 is 1.29 bits per heavy atom. The van der Waals surface area contributed by atoms with E-state index in [4.69, 9.17) is 4.74 Å². The minimum Gasteiger partial charge on any atom is -0.496 e. The molecule has 0 aliphatic carbocycles. The van der Waals surface area contributed by atoms with Gasteiger partial charge in [0.25, 0.3) is 0 Å². The van der Waals surface area contributed by atoms with Crippen LogP contribution in [0.4, 0.5) is 0 Å². The molecule has 0 amide bonds. The monoisotopic (exact) mass is 235 g/mol. The molecular weight excluding hydrogens is 214 g/mol. The van der Waals surface area contributed by atoms with E-state index in [1.54, 1.807) is 7.11 Å². The van der Waals surface area contributed by atoms with Gasteiger partial charge in [0.05, 0.1) is 7.11 Å². The van der Waals surface area contributed by atoms with Crippen LogP contribution in [-0.2, 0) is 0 Å². The molecule has 0 fully saturated rings. The summed E-state index contributed by atoms with van der Waals surface area (Å²) in [5.74, 6) is 1.05. The Bertz CT molecular complexity index is 425. The van der Waals surface area contributed by atoms with Crippen molar-refractivity contribution < 1.29 is 9.53 Å². The summed E-state index contributed by atoms with van der Waals surface area (Å²) in [6.07, 6.45) is 0.532. The van der Waals surface area contributed by atoms with Crippen LogP contribution in [0, 0.1) is 20.8 Å². The predicted molar refractivity (Wildman–Crippen MR) is 70.1 cm³/mol. The lowest BCUT2D eigenvalue weighted by atomic mass is 9.93. The smallest absolute Gasteiger partial charge is 0.164 e. The predicted octanol–water partition coefficient (Wildman–Crippen LogP) is 2.41. The maximum atomic E-state index is 12.1. The van der Waals surface area contributed by atoms with Crippen LogP contribution in [0.15, 0.2) is 6.07 Å². The molecule has 0 aliphatic rings. The number of methoxy groups -OCH3 is 1. The number of Topliss-reactive ketones (excluding diaryl/α,β-unsaturated/α-hetero) is 1. The summed E-state index contributed by atoms with van der Waals surface area (Å²) >= 11 is 0. The Balaban J connectivity index is 3.16. The fourth-order valence-electron chi connectivity index (χ4n) is 2.05. The normalized spacial score (nSPS) is 10.4. The molecule has 1 aromatic rings. The molecule has 3 heteroatoms. The molecule has 0 saturated heterocycles. The standard InChI is InChI=1S/C14H21NO2/c1-9-8-13(17-5)10(2)11(3)14(9)12(16)6-7-15-4/h8,15H,6-7H2,1-5H3. The van der Waals surface area contributed by atoms with Gasteiger partial charge in [-0.05, 0) is 50.6 Å². The Kier molecular flexibility index (Phi) is 4.70. The molecule has 0 atom stereocenters. The lowest BCUT2D eigenvalue weighted by Crippen LogP contribution is -2.15. The van der Waals surface area contributed by atoms with Gasteiger partial charge < -0.3 is 10.1 Å². The number of ketones is 1. The van der Waals surface area contributed by atoms with E-state index >= 15 is 0 Å². The lowest BCUT2D eigenvalue weighted by Gasteiger charge is -2.15. The summed E-state index contributed by atoms with van der Waals surface area (Å²) in [7, 11) is 3.51. The molecule has 17 heavy (non-hydrogen) atoms. The van der Waals surface area contributed by atoms with E-state index < -0.39 is 0 Å². The molecule has 0 saturated carbocycles. The van der Waals surface area contributed by atoms with Gasteiger partial charge in [-0.2, -0.15) is 0 Å². The second kappa shape index (κ2) is 5.82. The zero-order valence-corrected chi connectivity index (χ0v) is 11.3. The van der Waals surface area contributed by atoms with Crippen LogP contribution in [0.2, 0.25) is 0 Å². The number of benzene rings is 1. The highest BCUT2D eigenvalue weighted by Gasteiger charge is 2.16. The van der Waals surface area contributed by atoms with E-state index in [1.165, 1.54) is 0 Å². The molecule has 0 unspecified atom stereocenters. The first kappa shape index (κ1) is 13.7. The van der Waals surface area contributed by atoms with Crippen molar-refractivity contribution in [2.45, 2.75) is 27.2 Å². The van der Waals surface area contributed by atoms with Crippen LogP contribution < -0.4 is 10.1 Å². The highest BCUT2D eigenvalue weighted by atomic mass is 16.5. The van der Waals surface area contributed by atoms with Gasteiger partial charge in [-0.3, -0.25) is 4.79 Å². The summed E-state index contributed by atoms with van der Waals surface area (Å²) in [5.41, 5.74) is 3.92. The van der Waals surface area contributed by atoms with Crippen LogP contribution in [0.3, 0.4) is 0 Å². The third kappa shape index (κ3) is 2.86. The Labute approximate surface area is 103 Å². The fourth-order valence-corrected chi connectivity index (χ4v) is 2.05. The quantitative estimate of drug-likeness (QED) is 0.796. The Hall–Kier alpha value is -1.35. The Morgan fingerprint density at radius 2 is 1.94 bits per heavy atom. The van der Waals surface area contributed by atoms with E-state index in [0.717, 1.165) is 28.0 Å². The van der Waals surface area contributed by atoms with Crippen molar-refractivity contribution >= 4 is 5.78 Å². The maximum Gasteiger partial charge on any atom is 0.164 e. The number of rotatable bonds is 5. The average molecular weight is 235 g/mol. The minimum absolute atomic E-state index is 0.195. The van der Waals surface area contributed by atoms with Gasteiger partial charge in [0.2, 0.25) is 0 Å². The number of carbonyl (C=O) groups excluding carboxylic acids is 1. The second-order valence-corrected chi connectivity index (χ2v) is 4.30. The third-order valence-corrected chi connectivity index (χ3v) is 3.15. The van der Waals surface area contributed by atoms with E-state index in [9.17, 15) is 4.79 Å². The zero-order valence-electron chi connectivity index (χ0n) is 11.3. The van der Waals surface area contributed by atoms with Gasteiger partial charge in [0.15, 0.2) is 5.78 Å². The first-order chi connectivity index (χ1) is 8.02. The molecule has 3 nitrogen and oxygen atoms in total. The van der Waals surface area contributed by atoms with Crippen LogP contribution in [-0.4, -0.2) is 26.5 Å². The van der Waals surface area contributed by atoms with Crippen molar-refractivity contribution in [1.82, 2.24) is 5.32 Å². The van der Waals surface area contributed by atoms with Crippen LogP contribution in [0.25, 0.3) is 0 Å². The summed E-state index contributed by atoms with van der Waals surface area (Å²) < 4.78 is 5.30. The van der Waals surface area contributed by atoms with Gasteiger partial charge in [-0.25, -0.2) is 0 Å². The number of hydrogen-bond donors (Lipinski definition) is 1. The lowest BCUT2D eigenvalue weighted by molar-refractivity contribution is 0.0982. The van der Waals surface area contributed by atoms with E-state index in [1.807, 2.05) is 33.9 Å². The second-order valence-electron chi connectivity index (χ2n) is 4.30. The SMILES string of the molecule is CNCCC(=O)c1c(C)cc(OC)c(C)c1C. The largest absolute Gasteiger partial charge is 0.496 e. The molecule has 0 bridgehead atoms. The van der Waals surface area contributed by atoms with Crippen LogP contribution in [0.1, 0.15) is 33.5 Å². The van der Waals surface area contributed by atoms with Crippen LogP contribution >= 0.6 is 0 Å². The number of hydrogen-bond acceptors (Lipinski definition) is 3. The molecule has 0 heterocycles. The summed E-state index contributed by atoms with van der Waals surface area (Å²) in [6.45, 7) is 6.64.